The Hall–Kier alpha value is -1.02. The van der Waals surface area contributed by atoms with Gasteiger partial charge in [-0.05, 0) is 57.2 Å². The molecule has 0 spiro atoms. The lowest BCUT2D eigenvalue weighted by Crippen LogP contribution is -2.32. The van der Waals surface area contributed by atoms with Crippen LogP contribution in [0.15, 0.2) is 24.3 Å². The zero-order valence-electron chi connectivity index (χ0n) is 13.9. The maximum atomic E-state index is 5.68. The molecule has 21 heavy (non-hydrogen) atoms. The second-order valence-electron chi connectivity index (χ2n) is 6.73. The Morgan fingerprint density at radius 1 is 1.00 bits per heavy atom. The normalized spacial score (nSPS) is 18.5. The third-order valence-corrected chi connectivity index (χ3v) is 4.53. The molecular formula is C19H31NO. The molecule has 0 bridgehead atoms. The standard InChI is InChI=1S/C19H31NO/c1-15(2)21-19-12-10-17(11-13-19)14-20-16(3)18-8-6-4-5-7-9-18/h10-13,15-16,18,20H,4-9,14H2,1-3H3/t16-/m0/s1. The van der Waals surface area contributed by atoms with Crippen LogP contribution in [-0.4, -0.2) is 12.1 Å². The van der Waals surface area contributed by atoms with E-state index in [4.69, 9.17) is 4.74 Å². The van der Waals surface area contributed by atoms with Crippen molar-refractivity contribution in [2.45, 2.75) is 78.0 Å². The smallest absolute Gasteiger partial charge is 0.119 e. The van der Waals surface area contributed by atoms with Gasteiger partial charge in [0.1, 0.15) is 5.75 Å². The van der Waals surface area contributed by atoms with Gasteiger partial charge in [-0.2, -0.15) is 0 Å². The third kappa shape index (κ3) is 5.70. The van der Waals surface area contributed by atoms with E-state index in [1.165, 1.54) is 44.1 Å². The molecule has 0 heterocycles. The Morgan fingerprint density at radius 3 is 2.19 bits per heavy atom. The largest absolute Gasteiger partial charge is 0.491 e. The molecule has 0 aromatic heterocycles. The summed E-state index contributed by atoms with van der Waals surface area (Å²) in [6, 6.07) is 9.12. The number of ether oxygens (including phenoxy) is 1. The van der Waals surface area contributed by atoms with E-state index in [0.29, 0.717) is 6.04 Å². The van der Waals surface area contributed by atoms with Gasteiger partial charge in [0.05, 0.1) is 6.10 Å². The van der Waals surface area contributed by atoms with Crippen molar-refractivity contribution < 1.29 is 4.74 Å². The quantitative estimate of drug-likeness (QED) is 0.750. The summed E-state index contributed by atoms with van der Waals surface area (Å²) in [5, 5.41) is 3.72. The first-order chi connectivity index (χ1) is 10.1. The lowest BCUT2D eigenvalue weighted by molar-refractivity contribution is 0.242. The van der Waals surface area contributed by atoms with Crippen LogP contribution in [0.25, 0.3) is 0 Å². The van der Waals surface area contributed by atoms with Crippen LogP contribution in [0.2, 0.25) is 0 Å². The first kappa shape index (κ1) is 16.4. The second kappa shape index (κ2) is 8.43. The Morgan fingerprint density at radius 2 is 1.62 bits per heavy atom. The van der Waals surface area contributed by atoms with Crippen LogP contribution in [0.5, 0.6) is 5.75 Å². The van der Waals surface area contributed by atoms with Crippen molar-refractivity contribution in [3.05, 3.63) is 29.8 Å². The maximum absolute atomic E-state index is 5.68. The number of hydrogen-bond donors (Lipinski definition) is 1. The van der Waals surface area contributed by atoms with E-state index in [-0.39, 0.29) is 6.10 Å². The SMILES string of the molecule is CC(C)Oc1ccc(CN[C@@H](C)C2CCCCCC2)cc1. The van der Waals surface area contributed by atoms with Gasteiger partial charge in [-0.25, -0.2) is 0 Å². The fourth-order valence-electron chi connectivity index (χ4n) is 3.21. The maximum Gasteiger partial charge on any atom is 0.119 e. The molecule has 1 fully saturated rings. The minimum Gasteiger partial charge on any atom is -0.491 e. The van der Waals surface area contributed by atoms with Gasteiger partial charge in [0, 0.05) is 12.6 Å². The molecule has 2 nitrogen and oxygen atoms in total. The summed E-state index contributed by atoms with van der Waals surface area (Å²) in [7, 11) is 0. The summed E-state index contributed by atoms with van der Waals surface area (Å²) in [6.07, 6.45) is 8.73. The zero-order chi connectivity index (χ0) is 15.1. The second-order valence-corrected chi connectivity index (χ2v) is 6.73. The Bertz CT molecular complexity index is 391. The van der Waals surface area contributed by atoms with Crippen LogP contribution in [0, 0.1) is 5.92 Å². The van der Waals surface area contributed by atoms with Gasteiger partial charge < -0.3 is 10.1 Å². The van der Waals surface area contributed by atoms with E-state index >= 15 is 0 Å². The van der Waals surface area contributed by atoms with Crippen molar-refractivity contribution in [1.82, 2.24) is 5.32 Å². The van der Waals surface area contributed by atoms with Gasteiger partial charge in [-0.15, -0.1) is 0 Å². The van der Waals surface area contributed by atoms with Crippen LogP contribution in [-0.2, 0) is 6.54 Å². The van der Waals surface area contributed by atoms with Crippen molar-refractivity contribution in [3.8, 4) is 5.75 Å². The molecular weight excluding hydrogens is 258 g/mol. The molecule has 2 rings (SSSR count). The summed E-state index contributed by atoms with van der Waals surface area (Å²) in [5.41, 5.74) is 1.34. The molecule has 0 aliphatic heterocycles. The molecule has 118 valence electrons. The fraction of sp³-hybridized carbons (Fsp3) is 0.684. The van der Waals surface area contributed by atoms with E-state index in [1.807, 2.05) is 0 Å². The molecule has 0 amide bonds. The molecule has 1 N–H and O–H groups in total. The Labute approximate surface area is 130 Å². The number of rotatable bonds is 6. The Balaban J connectivity index is 1.78. The molecule has 1 atom stereocenters. The highest BCUT2D eigenvalue weighted by Crippen LogP contribution is 2.25. The molecule has 2 heteroatoms. The molecule has 1 aromatic carbocycles. The van der Waals surface area contributed by atoms with Gasteiger partial charge in [0.15, 0.2) is 0 Å². The van der Waals surface area contributed by atoms with Crippen molar-refractivity contribution in [2.24, 2.45) is 5.92 Å². The van der Waals surface area contributed by atoms with Crippen LogP contribution in [0.1, 0.15) is 64.9 Å². The van der Waals surface area contributed by atoms with Gasteiger partial charge in [-0.1, -0.05) is 37.8 Å². The average Bonchev–Trinajstić information content (AvgIpc) is 2.75. The minimum atomic E-state index is 0.240. The molecule has 0 radical (unpaired) electrons. The molecule has 1 aliphatic carbocycles. The average molecular weight is 289 g/mol. The fourth-order valence-corrected chi connectivity index (χ4v) is 3.21. The predicted molar refractivity (Wildman–Crippen MR) is 89.7 cm³/mol. The highest BCUT2D eigenvalue weighted by atomic mass is 16.5. The molecule has 1 aliphatic rings. The minimum absolute atomic E-state index is 0.240. The highest BCUT2D eigenvalue weighted by Gasteiger charge is 2.18. The lowest BCUT2D eigenvalue weighted by atomic mass is 9.93. The summed E-state index contributed by atoms with van der Waals surface area (Å²) < 4.78 is 5.68. The van der Waals surface area contributed by atoms with Crippen LogP contribution >= 0.6 is 0 Å². The van der Waals surface area contributed by atoms with Gasteiger partial charge >= 0.3 is 0 Å². The van der Waals surface area contributed by atoms with Gasteiger partial charge in [0.2, 0.25) is 0 Å². The highest BCUT2D eigenvalue weighted by molar-refractivity contribution is 5.27. The zero-order valence-corrected chi connectivity index (χ0v) is 13.9. The topological polar surface area (TPSA) is 21.3 Å². The van der Waals surface area contributed by atoms with E-state index < -0.39 is 0 Å². The summed E-state index contributed by atoms with van der Waals surface area (Å²) >= 11 is 0. The van der Waals surface area contributed by atoms with Crippen molar-refractivity contribution in [2.75, 3.05) is 0 Å². The summed E-state index contributed by atoms with van der Waals surface area (Å²) in [5.74, 6) is 1.82. The monoisotopic (exact) mass is 289 g/mol. The van der Waals surface area contributed by atoms with E-state index in [9.17, 15) is 0 Å². The Kier molecular flexibility index (Phi) is 6.56. The summed E-state index contributed by atoms with van der Waals surface area (Å²) in [4.78, 5) is 0. The lowest BCUT2D eigenvalue weighted by Gasteiger charge is -2.23. The molecule has 1 aromatic rings. The number of nitrogens with one attached hydrogen (secondary N) is 1. The number of hydrogen-bond acceptors (Lipinski definition) is 2. The molecule has 1 saturated carbocycles. The molecule has 0 saturated heterocycles. The van der Waals surface area contributed by atoms with Crippen LogP contribution in [0.3, 0.4) is 0 Å². The van der Waals surface area contributed by atoms with Crippen molar-refractivity contribution in [1.29, 1.82) is 0 Å². The summed E-state index contributed by atoms with van der Waals surface area (Å²) in [6.45, 7) is 7.43. The first-order valence-corrected chi connectivity index (χ1v) is 8.64. The molecule has 0 unspecified atom stereocenters. The van der Waals surface area contributed by atoms with Crippen LogP contribution in [0.4, 0.5) is 0 Å². The van der Waals surface area contributed by atoms with E-state index in [0.717, 1.165) is 18.2 Å². The van der Waals surface area contributed by atoms with E-state index in [2.05, 4.69) is 50.4 Å². The first-order valence-electron chi connectivity index (χ1n) is 8.64. The van der Waals surface area contributed by atoms with Crippen LogP contribution < -0.4 is 10.1 Å². The number of benzene rings is 1. The van der Waals surface area contributed by atoms with E-state index in [1.54, 1.807) is 0 Å². The van der Waals surface area contributed by atoms with Crippen molar-refractivity contribution >= 4 is 0 Å². The van der Waals surface area contributed by atoms with Gasteiger partial charge in [-0.3, -0.25) is 0 Å². The van der Waals surface area contributed by atoms with Gasteiger partial charge in [0.25, 0.3) is 0 Å². The predicted octanol–water partition coefficient (Wildman–Crippen LogP) is 4.92. The third-order valence-electron chi connectivity index (χ3n) is 4.53. The van der Waals surface area contributed by atoms with Crippen molar-refractivity contribution in [3.63, 3.8) is 0 Å².